The molecule has 5 heteroatoms. The number of amides is 1. The van der Waals surface area contributed by atoms with Crippen LogP contribution in [0.2, 0.25) is 0 Å². The Labute approximate surface area is 150 Å². The molecule has 1 saturated heterocycles. The van der Waals surface area contributed by atoms with E-state index < -0.39 is 5.60 Å². The molecule has 0 aromatic heterocycles. The molecule has 2 aliphatic rings. The lowest BCUT2D eigenvalue weighted by Gasteiger charge is -2.27. The molecule has 1 saturated carbocycles. The van der Waals surface area contributed by atoms with E-state index in [1.807, 2.05) is 12.1 Å². The van der Waals surface area contributed by atoms with E-state index in [-0.39, 0.29) is 12.3 Å². The van der Waals surface area contributed by atoms with E-state index in [4.69, 9.17) is 4.74 Å². The molecule has 0 bridgehead atoms. The number of hydrogen-bond acceptors (Lipinski definition) is 4. The molecule has 2 atom stereocenters. The number of ether oxygens (including phenoxy) is 1. The molecule has 138 valence electrons. The van der Waals surface area contributed by atoms with Gasteiger partial charge in [-0.15, -0.1) is 0 Å². The molecular weight excluding hydrogens is 316 g/mol. The topological polar surface area (TPSA) is 61.8 Å². The highest BCUT2D eigenvalue weighted by Gasteiger charge is 2.35. The summed E-state index contributed by atoms with van der Waals surface area (Å²) in [5.41, 5.74) is 0.487. The summed E-state index contributed by atoms with van der Waals surface area (Å²) in [7, 11) is 3.81. The first-order valence-electron chi connectivity index (χ1n) is 9.34. The van der Waals surface area contributed by atoms with Gasteiger partial charge in [-0.3, -0.25) is 9.69 Å². The lowest BCUT2D eigenvalue weighted by Crippen LogP contribution is -2.37. The van der Waals surface area contributed by atoms with Crippen LogP contribution < -0.4 is 10.1 Å². The number of methoxy groups -OCH3 is 1. The number of nitrogens with one attached hydrogen (secondary N) is 1. The van der Waals surface area contributed by atoms with Crippen LogP contribution in [0.4, 0.5) is 0 Å². The first kappa shape index (κ1) is 18.2. The van der Waals surface area contributed by atoms with E-state index in [2.05, 4.69) is 29.4 Å². The lowest BCUT2D eigenvalue weighted by atomic mass is 9.93. The van der Waals surface area contributed by atoms with Gasteiger partial charge in [0.1, 0.15) is 5.75 Å². The lowest BCUT2D eigenvalue weighted by molar-refractivity contribution is -0.126. The number of benzene rings is 1. The normalized spacial score (nSPS) is 25.9. The highest BCUT2D eigenvalue weighted by Crippen LogP contribution is 2.36. The highest BCUT2D eigenvalue weighted by atomic mass is 16.5. The SMILES string of the molecule is COc1ccc([C@H]2[C@@H](CNC(=O)CC3(O)CCCC3)CCN2C)cc1. The summed E-state index contributed by atoms with van der Waals surface area (Å²) in [6.07, 6.45) is 4.86. The zero-order valence-corrected chi connectivity index (χ0v) is 15.3. The van der Waals surface area contributed by atoms with Crippen LogP contribution in [0.1, 0.15) is 50.1 Å². The molecule has 2 fully saturated rings. The summed E-state index contributed by atoms with van der Waals surface area (Å²) in [6, 6.07) is 8.52. The number of likely N-dealkylation sites (tertiary alicyclic amines) is 1. The molecule has 1 amide bonds. The van der Waals surface area contributed by atoms with Crippen LogP contribution in [0.15, 0.2) is 24.3 Å². The van der Waals surface area contributed by atoms with Crippen LogP contribution in [-0.2, 0) is 4.79 Å². The molecule has 0 radical (unpaired) electrons. The van der Waals surface area contributed by atoms with Crippen molar-refractivity contribution in [3.8, 4) is 5.75 Å². The summed E-state index contributed by atoms with van der Waals surface area (Å²) in [5.74, 6) is 1.23. The zero-order valence-electron chi connectivity index (χ0n) is 15.3. The van der Waals surface area contributed by atoms with E-state index >= 15 is 0 Å². The average molecular weight is 346 g/mol. The number of nitrogens with zero attached hydrogens (tertiary/aromatic N) is 1. The fourth-order valence-electron chi connectivity index (χ4n) is 4.38. The number of hydrogen-bond donors (Lipinski definition) is 2. The van der Waals surface area contributed by atoms with Gasteiger partial charge in [-0.2, -0.15) is 0 Å². The maximum Gasteiger partial charge on any atom is 0.222 e. The average Bonchev–Trinajstić information content (AvgIpc) is 3.19. The zero-order chi connectivity index (χ0) is 17.9. The van der Waals surface area contributed by atoms with Crippen molar-refractivity contribution < 1.29 is 14.6 Å². The number of rotatable bonds is 6. The Morgan fingerprint density at radius 2 is 2.00 bits per heavy atom. The Balaban J connectivity index is 1.57. The summed E-state index contributed by atoms with van der Waals surface area (Å²) in [4.78, 5) is 14.6. The van der Waals surface area contributed by atoms with Crippen molar-refractivity contribution in [1.82, 2.24) is 10.2 Å². The van der Waals surface area contributed by atoms with Gasteiger partial charge >= 0.3 is 0 Å². The van der Waals surface area contributed by atoms with E-state index in [0.29, 0.717) is 18.5 Å². The molecule has 0 spiro atoms. The Hall–Kier alpha value is -1.59. The second-order valence-electron chi connectivity index (χ2n) is 7.66. The Morgan fingerprint density at radius 3 is 2.64 bits per heavy atom. The second kappa shape index (κ2) is 7.75. The third-order valence-corrected chi connectivity index (χ3v) is 5.82. The van der Waals surface area contributed by atoms with E-state index in [1.165, 1.54) is 5.56 Å². The summed E-state index contributed by atoms with van der Waals surface area (Å²) in [6.45, 7) is 1.69. The van der Waals surface area contributed by atoms with Crippen LogP contribution >= 0.6 is 0 Å². The van der Waals surface area contributed by atoms with Crippen molar-refractivity contribution in [2.24, 2.45) is 5.92 Å². The van der Waals surface area contributed by atoms with Crippen LogP contribution in [0.3, 0.4) is 0 Å². The summed E-state index contributed by atoms with van der Waals surface area (Å²) in [5, 5.41) is 13.5. The van der Waals surface area contributed by atoms with Crippen molar-refractivity contribution in [2.45, 2.75) is 50.2 Å². The van der Waals surface area contributed by atoms with Crippen molar-refractivity contribution in [3.63, 3.8) is 0 Å². The third-order valence-electron chi connectivity index (χ3n) is 5.82. The predicted octanol–water partition coefficient (Wildman–Crippen LogP) is 2.50. The fourth-order valence-corrected chi connectivity index (χ4v) is 4.38. The fraction of sp³-hybridized carbons (Fsp3) is 0.650. The van der Waals surface area contributed by atoms with Crippen molar-refractivity contribution in [2.75, 3.05) is 27.2 Å². The van der Waals surface area contributed by atoms with Gasteiger partial charge < -0.3 is 15.2 Å². The van der Waals surface area contributed by atoms with Crippen LogP contribution in [0.5, 0.6) is 5.75 Å². The highest BCUT2D eigenvalue weighted by molar-refractivity contribution is 5.77. The molecule has 1 aromatic carbocycles. The molecule has 1 aromatic rings. The van der Waals surface area contributed by atoms with Gasteiger partial charge in [-0.25, -0.2) is 0 Å². The largest absolute Gasteiger partial charge is 0.497 e. The van der Waals surface area contributed by atoms with Gasteiger partial charge in [0.2, 0.25) is 5.91 Å². The predicted molar refractivity (Wildman–Crippen MR) is 97.5 cm³/mol. The van der Waals surface area contributed by atoms with Gasteiger partial charge in [0.25, 0.3) is 0 Å². The van der Waals surface area contributed by atoms with Crippen molar-refractivity contribution in [3.05, 3.63) is 29.8 Å². The molecule has 2 N–H and O–H groups in total. The smallest absolute Gasteiger partial charge is 0.222 e. The minimum atomic E-state index is -0.772. The molecule has 5 nitrogen and oxygen atoms in total. The molecule has 3 rings (SSSR count). The van der Waals surface area contributed by atoms with Gasteiger partial charge in [-0.05, 0) is 56.5 Å². The third kappa shape index (κ3) is 4.33. The molecule has 1 aliphatic carbocycles. The molecule has 0 unspecified atom stereocenters. The van der Waals surface area contributed by atoms with Crippen molar-refractivity contribution in [1.29, 1.82) is 0 Å². The molecule has 1 aliphatic heterocycles. The molecular formula is C20H30N2O3. The Bertz CT molecular complexity index is 581. The monoisotopic (exact) mass is 346 g/mol. The Kier molecular flexibility index (Phi) is 5.64. The van der Waals surface area contributed by atoms with Gasteiger partial charge in [-0.1, -0.05) is 25.0 Å². The standard InChI is InChI=1S/C20H30N2O3/c1-22-12-9-16(19(22)15-5-7-17(25-2)8-6-15)14-21-18(23)13-20(24)10-3-4-11-20/h5-8,16,19,24H,3-4,9-14H2,1-2H3,(H,21,23)/t16-,19+/m1/s1. The van der Waals surface area contributed by atoms with Gasteiger partial charge in [0, 0.05) is 12.6 Å². The second-order valence-corrected chi connectivity index (χ2v) is 7.66. The number of carbonyl (C=O) groups is 1. The summed E-state index contributed by atoms with van der Waals surface area (Å²) >= 11 is 0. The van der Waals surface area contributed by atoms with Crippen molar-refractivity contribution >= 4 is 5.91 Å². The number of carbonyl (C=O) groups excluding carboxylic acids is 1. The van der Waals surface area contributed by atoms with Crippen LogP contribution in [0.25, 0.3) is 0 Å². The van der Waals surface area contributed by atoms with E-state index in [0.717, 1.165) is 44.4 Å². The molecule has 1 heterocycles. The van der Waals surface area contributed by atoms with Crippen LogP contribution in [-0.4, -0.2) is 48.8 Å². The van der Waals surface area contributed by atoms with Gasteiger partial charge in [0.15, 0.2) is 0 Å². The maximum absolute atomic E-state index is 12.3. The first-order chi connectivity index (χ1) is 12.0. The Morgan fingerprint density at radius 1 is 1.32 bits per heavy atom. The molecule has 25 heavy (non-hydrogen) atoms. The maximum atomic E-state index is 12.3. The quantitative estimate of drug-likeness (QED) is 0.831. The number of aliphatic hydroxyl groups is 1. The summed E-state index contributed by atoms with van der Waals surface area (Å²) < 4.78 is 5.24. The first-order valence-corrected chi connectivity index (χ1v) is 9.34. The van der Waals surface area contributed by atoms with Crippen LogP contribution in [0, 0.1) is 5.92 Å². The minimum absolute atomic E-state index is 0.0209. The minimum Gasteiger partial charge on any atom is -0.497 e. The van der Waals surface area contributed by atoms with Gasteiger partial charge in [0.05, 0.1) is 19.1 Å². The van der Waals surface area contributed by atoms with E-state index in [1.54, 1.807) is 7.11 Å². The van der Waals surface area contributed by atoms with E-state index in [9.17, 15) is 9.90 Å².